The molecule has 174 valence electrons. The van der Waals surface area contributed by atoms with Gasteiger partial charge in [-0.1, -0.05) is 36.7 Å². The smallest absolute Gasteiger partial charge is 0.286 e. The normalized spacial score (nSPS) is 12.3. The number of benzene rings is 2. The van der Waals surface area contributed by atoms with E-state index in [-0.39, 0.29) is 15.3 Å². The second-order valence-electron chi connectivity index (χ2n) is 7.32. The molecule has 1 aromatic heterocycles. The van der Waals surface area contributed by atoms with Gasteiger partial charge >= 0.3 is 0 Å². The number of amides is 1. The Morgan fingerprint density at radius 3 is 2.45 bits per heavy atom. The zero-order chi connectivity index (χ0) is 24.3. The van der Waals surface area contributed by atoms with Crippen molar-refractivity contribution in [1.29, 1.82) is 0 Å². The monoisotopic (exact) mass is 510 g/mol. The van der Waals surface area contributed by atoms with E-state index in [9.17, 15) is 17.6 Å². The molecule has 6 nitrogen and oxygen atoms in total. The molecule has 0 aliphatic rings. The summed E-state index contributed by atoms with van der Waals surface area (Å²) in [5, 5.41) is 0.585. The molecule has 0 N–H and O–H groups in total. The van der Waals surface area contributed by atoms with Crippen LogP contribution in [0.25, 0.3) is 11.1 Å². The fraction of sp³-hybridized carbons (Fsp3) is 0.217. The standard InChI is InChI=1S/C23H21Cl2FN2O4S/c1-4-19(15-8-10-16(24)11-9-15)32-22-17(6-5-13-27-22)20-14(2)7-12-18(26)21(20)23(29)28(25)33(3,30)31/h5-13,19H,4H2,1-3H3/t19-/m0/s1. The molecule has 0 saturated carbocycles. The summed E-state index contributed by atoms with van der Waals surface area (Å²) in [4.78, 5) is 17.2. The summed E-state index contributed by atoms with van der Waals surface area (Å²) in [6, 6.07) is 12.9. The van der Waals surface area contributed by atoms with E-state index in [4.69, 9.17) is 28.1 Å². The average Bonchev–Trinajstić information content (AvgIpc) is 2.78. The number of aromatic nitrogens is 1. The minimum absolute atomic E-state index is 0.00614. The van der Waals surface area contributed by atoms with Gasteiger partial charge in [0.05, 0.1) is 11.8 Å². The number of hydrogen-bond acceptors (Lipinski definition) is 5. The highest BCUT2D eigenvalue weighted by Gasteiger charge is 2.30. The van der Waals surface area contributed by atoms with Gasteiger partial charge in [0.1, 0.15) is 11.9 Å². The quantitative estimate of drug-likeness (QED) is 0.367. The number of hydrogen-bond donors (Lipinski definition) is 0. The Labute approximate surface area is 202 Å². The van der Waals surface area contributed by atoms with Gasteiger partial charge in [-0.15, -0.1) is 3.82 Å². The Bertz CT molecular complexity index is 1280. The van der Waals surface area contributed by atoms with Crippen LogP contribution in [0.3, 0.4) is 0 Å². The van der Waals surface area contributed by atoms with Crippen LogP contribution >= 0.6 is 23.4 Å². The second-order valence-corrected chi connectivity index (χ2v) is 10.1. The maximum atomic E-state index is 14.9. The van der Waals surface area contributed by atoms with Gasteiger partial charge in [0.2, 0.25) is 15.9 Å². The van der Waals surface area contributed by atoms with Crippen molar-refractivity contribution in [2.24, 2.45) is 0 Å². The Kier molecular flexibility index (Phi) is 7.62. The fourth-order valence-corrected chi connectivity index (χ4v) is 3.95. The molecule has 0 unspecified atom stereocenters. The fourth-order valence-electron chi connectivity index (χ4n) is 3.35. The Morgan fingerprint density at radius 2 is 1.85 bits per heavy atom. The Morgan fingerprint density at radius 1 is 1.18 bits per heavy atom. The van der Waals surface area contributed by atoms with Crippen LogP contribution < -0.4 is 4.74 Å². The summed E-state index contributed by atoms with van der Waals surface area (Å²) in [6.07, 6.45) is 2.45. The molecule has 2 aromatic carbocycles. The van der Waals surface area contributed by atoms with Gasteiger partial charge in [0.25, 0.3) is 5.91 Å². The van der Waals surface area contributed by atoms with Crippen LogP contribution in [0.15, 0.2) is 54.7 Å². The highest BCUT2D eigenvalue weighted by molar-refractivity contribution is 7.89. The SMILES string of the molecule is CC[C@H](Oc1ncccc1-c1c(C)ccc(F)c1C(=O)N(Cl)S(C)(=O)=O)c1ccc(Cl)cc1. The Balaban J connectivity index is 2.15. The Hall–Kier alpha value is -2.68. The summed E-state index contributed by atoms with van der Waals surface area (Å²) in [6.45, 7) is 3.60. The van der Waals surface area contributed by atoms with Crippen molar-refractivity contribution in [1.82, 2.24) is 8.81 Å². The largest absolute Gasteiger partial charge is 0.469 e. The number of rotatable bonds is 7. The minimum Gasteiger partial charge on any atom is -0.469 e. The molecule has 0 fully saturated rings. The lowest BCUT2D eigenvalue weighted by Gasteiger charge is -2.21. The van der Waals surface area contributed by atoms with Crippen LogP contribution in [0.1, 0.15) is 40.9 Å². The summed E-state index contributed by atoms with van der Waals surface area (Å²) in [7, 11) is -4.13. The summed E-state index contributed by atoms with van der Waals surface area (Å²) >= 11 is 11.7. The van der Waals surface area contributed by atoms with Gasteiger partial charge < -0.3 is 4.74 Å². The van der Waals surface area contributed by atoms with Crippen LogP contribution in [-0.2, 0) is 10.0 Å². The first kappa shape index (κ1) is 25.0. The number of aryl methyl sites for hydroxylation is 1. The van der Waals surface area contributed by atoms with Crippen molar-refractivity contribution in [2.45, 2.75) is 26.4 Å². The van der Waals surface area contributed by atoms with Gasteiger partial charge in [-0.25, -0.2) is 17.8 Å². The maximum Gasteiger partial charge on any atom is 0.286 e. The van der Waals surface area contributed by atoms with Crippen LogP contribution in [0.4, 0.5) is 4.39 Å². The van der Waals surface area contributed by atoms with Crippen LogP contribution in [-0.4, -0.2) is 29.4 Å². The molecule has 10 heteroatoms. The van der Waals surface area contributed by atoms with E-state index < -0.39 is 33.4 Å². The zero-order valence-corrected chi connectivity index (χ0v) is 20.4. The van der Waals surface area contributed by atoms with Gasteiger partial charge in [-0.2, -0.15) is 0 Å². The molecule has 3 rings (SSSR count). The topological polar surface area (TPSA) is 76.6 Å². The van der Waals surface area contributed by atoms with Crippen molar-refractivity contribution < 1.29 is 22.3 Å². The maximum absolute atomic E-state index is 14.9. The predicted octanol–water partition coefficient (Wildman–Crippen LogP) is 5.94. The van der Waals surface area contributed by atoms with Crippen molar-refractivity contribution in [3.8, 4) is 17.0 Å². The third kappa shape index (κ3) is 5.46. The lowest BCUT2D eigenvalue weighted by Crippen LogP contribution is -2.29. The first-order valence-electron chi connectivity index (χ1n) is 9.91. The molecule has 0 spiro atoms. The lowest BCUT2D eigenvalue weighted by molar-refractivity contribution is 0.0920. The third-order valence-electron chi connectivity index (χ3n) is 4.93. The van der Waals surface area contributed by atoms with Gasteiger partial charge in [-0.3, -0.25) is 4.79 Å². The molecule has 1 atom stereocenters. The van der Waals surface area contributed by atoms with Crippen LogP contribution in [0, 0.1) is 12.7 Å². The first-order chi connectivity index (χ1) is 15.5. The van der Waals surface area contributed by atoms with Crippen LogP contribution in [0.2, 0.25) is 5.02 Å². The molecular formula is C23H21Cl2FN2O4S. The van der Waals surface area contributed by atoms with E-state index in [2.05, 4.69) is 4.98 Å². The molecule has 1 amide bonds. The number of halogens is 3. The van der Waals surface area contributed by atoms with E-state index in [0.717, 1.165) is 17.9 Å². The van der Waals surface area contributed by atoms with E-state index in [1.165, 1.54) is 12.3 Å². The number of sulfonamides is 1. The van der Waals surface area contributed by atoms with Crippen molar-refractivity contribution in [3.63, 3.8) is 0 Å². The third-order valence-corrected chi connectivity index (χ3v) is 6.84. The van der Waals surface area contributed by atoms with E-state index >= 15 is 0 Å². The number of nitrogens with zero attached hydrogens (tertiary/aromatic N) is 2. The van der Waals surface area contributed by atoms with Crippen molar-refractivity contribution in [3.05, 3.63) is 82.3 Å². The molecule has 0 aliphatic heterocycles. The molecule has 0 saturated heterocycles. The van der Waals surface area contributed by atoms with Gasteiger partial charge in [0.15, 0.2) is 0 Å². The minimum atomic E-state index is -4.13. The highest BCUT2D eigenvalue weighted by Crippen LogP contribution is 2.38. The van der Waals surface area contributed by atoms with Gasteiger partial charge in [-0.05, 0) is 54.8 Å². The van der Waals surface area contributed by atoms with E-state index in [1.807, 2.05) is 19.1 Å². The molecular weight excluding hydrogens is 490 g/mol. The summed E-state index contributed by atoms with van der Waals surface area (Å²) < 4.78 is 44.7. The molecule has 1 heterocycles. The molecule has 0 radical (unpaired) electrons. The number of carbonyl (C=O) groups excluding carboxylic acids is 1. The summed E-state index contributed by atoms with van der Waals surface area (Å²) in [5.41, 5.74) is 1.34. The summed E-state index contributed by atoms with van der Waals surface area (Å²) in [5.74, 6) is -1.98. The van der Waals surface area contributed by atoms with E-state index in [0.29, 0.717) is 22.6 Å². The number of pyridine rings is 1. The molecule has 0 bridgehead atoms. The van der Waals surface area contributed by atoms with Crippen molar-refractivity contribution >= 4 is 39.3 Å². The first-order valence-corrected chi connectivity index (χ1v) is 12.5. The van der Waals surface area contributed by atoms with E-state index in [1.54, 1.807) is 31.2 Å². The highest BCUT2D eigenvalue weighted by atomic mass is 35.5. The predicted molar refractivity (Wildman–Crippen MR) is 126 cm³/mol. The number of carbonyl (C=O) groups is 1. The number of ether oxygens (including phenoxy) is 1. The molecule has 0 aliphatic carbocycles. The van der Waals surface area contributed by atoms with Gasteiger partial charge in [0, 0.05) is 34.1 Å². The second kappa shape index (κ2) is 10.1. The molecule has 3 aromatic rings. The lowest BCUT2D eigenvalue weighted by atomic mass is 9.94. The average molecular weight is 511 g/mol. The van der Waals surface area contributed by atoms with Crippen molar-refractivity contribution in [2.75, 3.05) is 6.26 Å². The van der Waals surface area contributed by atoms with Crippen LogP contribution in [0.5, 0.6) is 5.88 Å². The zero-order valence-electron chi connectivity index (χ0n) is 18.1. The molecule has 33 heavy (non-hydrogen) atoms.